The van der Waals surface area contributed by atoms with E-state index in [1.54, 1.807) is 32.7 Å². The van der Waals surface area contributed by atoms with Gasteiger partial charge in [-0.2, -0.15) is 0 Å². The fourth-order valence-corrected chi connectivity index (χ4v) is 5.21. The number of carbonyl (C=O) groups is 1. The van der Waals surface area contributed by atoms with E-state index in [0.29, 0.717) is 23.8 Å². The molecule has 0 bridgehead atoms. The summed E-state index contributed by atoms with van der Waals surface area (Å²) < 4.78 is 15.9. The summed E-state index contributed by atoms with van der Waals surface area (Å²) in [5.74, 6) is 3.08. The van der Waals surface area contributed by atoms with Gasteiger partial charge in [-0.25, -0.2) is 4.98 Å². The van der Waals surface area contributed by atoms with Crippen molar-refractivity contribution in [3.63, 3.8) is 0 Å². The van der Waals surface area contributed by atoms with Crippen LogP contribution in [-0.4, -0.2) is 50.2 Å². The molecule has 1 amide bonds. The normalized spacial score (nSPS) is 14.1. The Balaban J connectivity index is 1.26. The summed E-state index contributed by atoms with van der Waals surface area (Å²) in [6.45, 7) is 1.66. The molecule has 0 N–H and O–H groups in total. The zero-order valence-electron chi connectivity index (χ0n) is 20.1. The molecule has 0 unspecified atom stereocenters. The van der Waals surface area contributed by atoms with Crippen LogP contribution in [-0.2, 0) is 17.6 Å². The number of piperidine rings is 1. The molecule has 0 aliphatic carbocycles. The Morgan fingerprint density at radius 2 is 1.74 bits per heavy atom. The van der Waals surface area contributed by atoms with Crippen molar-refractivity contribution in [2.45, 2.75) is 32.1 Å². The summed E-state index contributed by atoms with van der Waals surface area (Å²) in [5, 5.41) is 2.85. The van der Waals surface area contributed by atoms with Gasteiger partial charge in [0.15, 0.2) is 11.5 Å². The molecule has 0 spiro atoms. The highest BCUT2D eigenvalue weighted by molar-refractivity contribution is 7.13. The second kappa shape index (κ2) is 11.4. The predicted molar refractivity (Wildman–Crippen MR) is 135 cm³/mol. The van der Waals surface area contributed by atoms with Crippen LogP contribution in [0.3, 0.4) is 0 Å². The third kappa shape index (κ3) is 5.89. The Kier molecular flexibility index (Phi) is 8.06. The number of aromatic nitrogens is 1. The summed E-state index contributed by atoms with van der Waals surface area (Å²) in [6.07, 6.45) is 4.71. The lowest BCUT2D eigenvalue weighted by Crippen LogP contribution is -2.39. The van der Waals surface area contributed by atoms with E-state index in [1.165, 1.54) is 5.56 Å². The number of hydrogen-bond acceptors (Lipinski definition) is 6. The van der Waals surface area contributed by atoms with Gasteiger partial charge in [-0.15, -0.1) is 11.3 Å². The molecule has 2 heterocycles. The molecule has 7 heteroatoms. The first-order valence-corrected chi connectivity index (χ1v) is 12.5. The molecular weight excluding hydrogens is 448 g/mol. The first-order valence-electron chi connectivity index (χ1n) is 11.7. The molecular formula is C27H32N2O4S. The highest BCUT2D eigenvalue weighted by Crippen LogP contribution is 2.33. The maximum atomic E-state index is 12.9. The Morgan fingerprint density at radius 1 is 1.00 bits per heavy atom. The number of ether oxygens (including phenoxy) is 3. The minimum absolute atomic E-state index is 0.165. The number of rotatable bonds is 9. The van der Waals surface area contributed by atoms with E-state index in [-0.39, 0.29) is 5.91 Å². The van der Waals surface area contributed by atoms with Gasteiger partial charge < -0.3 is 19.1 Å². The molecule has 1 aliphatic heterocycles. The summed E-state index contributed by atoms with van der Waals surface area (Å²) in [6, 6.07) is 14.1. The topological polar surface area (TPSA) is 60.9 Å². The van der Waals surface area contributed by atoms with Crippen LogP contribution in [0.15, 0.2) is 47.8 Å². The molecule has 1 aromatic heterocycles. The van der Waals surface area contributed by atoms with Crippen molar-refractivity contribution < 1.29 is 19.0 Å². The third-order valence-corrected chi connectivity index (χ3v) is 7.42. The van der Waals surface area contributed by atoms with Crippen molar-refractivity contribution in [1.82, 2.24) is 9.88 Å². The number of amides is 1. The molecule has 6 nitrogen and oxygen atoms in total. The number of methoxy groups -OCH3 is 3. The molecule has 180 valence electrons. The first kappa shape index (κ1) is 24.1. The predicted octanol–water partition coefficient (Wildman–Crippen LogP) is 5.25. The second-order valence-corrected chi connectivity index (χ2v) is 9.46. The van der Waals surface area contributed by atoms with Crippen LogP contribution in [0.2, 0.25) is 0 Å². The molecule has 1 fully saturated rings. The van der Waals surface area contributed by atoms with Crippen LogP contribution in [0.5, 0.6) is 17.2 Å². The zero-order chi connectivity index (χ0) is 23.9. The van der Waals surface area contributed by atoms with Gasteiger partial charge in [0, 0.05) is 24.0 Å². The van der Waals surface area contributed by atoms with E-state index in [1.807, 2.05) is 40.6 Å². The molecule has 3 aromatic rings. The van der Waals surface area contributed by atoms with Crippen LogP contribution in [0, 0.1) is 5.92 Å². The lowest BCUT2D eigenvalue weighted by atomic mass is 9.90. The Hall–Kier alpha value is -3.06. The van der Waals surface area contributed by atoms with Crippen LogP contribution in [0.4, 0.5) is 0 Å². The van der Waals surface area contributed by atoms with E-state index >= 15 is 0 Å². The standard InChI is InChI=1S/C27H32N2O4S/c1-31-23-9-6-19(7-10-23)4-5-20-12-14-29(15-13-20)26(30)17-22-18-34-27(28-22)21-8-11-24(32-2)25(16-21)33-3/h6-11,16,18,20H,4-5,12-15,17H2,1-3H3. The average Bonchev–Trinajstić information content (AvgIpc) is 3.36. The largest absolute Gasteiger partial charge is 0.497 e. The highest BCUT2D eigenvalue weighted by Gasteiger charge is 2.23. The van der Waals surface area contributed by atoms with E-state index in [2.05, 4.69) is 12.1 Å². The van der Waals surface area contributed by atoms with Gasteiger partial charge in [0.05, 0.1) is 33.4 Å². The van der Waals surface area contributed by atoms with Gasteiger partial charge in [-0.05, 0) is 67.5 Å². The Bertz CT molecular complexity index is 1090. The van der Waals surface area contributed by atoms with Gasteiger partial charge in [-0.1, -0.05) is 12.1 Å². The first-order chi connectivity index (χ1) is 16.6. The SMILES string of the molecule is COc1ccc(CCC2CCN(C(=O)Cc3csc(-c4ccc(OC)c(OC)c4)n3)CC2)cc1. The molecule has 1 aliphatic rings. The van der Waals surface area contributed by atoms with Crippen LogP contribution < -0.4 is 14.2 Å². The monoisotopic (exact) mass is 480 g/mol. The summed E-state index contributed by atoms with van der Waals surface area (Å²) in [4.78, 5) is 19.6. The molecule has 2 aromatic carbocycles. The minimum atomic E-state index is 0.165. The van der Waals surface area contributed by atoms with Crippen molar-refractivity contribution in [2.24, 2.45) is 5.92 Å². The Morgan fingerprint density at radius 3 is 2.41 bits per heavy atom. The number of carbonyl (C=O) groups excluding carboxylic acids is 1. The maximum Gasteiger partial charge on any atom is 0.228 e. The van der Waals surface area contributed by atoms with Crippen molar-refractivity contribution >= 4 is 17.2 Å². The average molecular weight is 481 g/mol. The smallest absolute Gasteiger partial charge is 0.228 e. The Labute approximate surface area is 205 Å². The summed E-state index contributed by atoms with van der Waals surface area (Å²) >= 11 is 1.54. The van der Waals surface area contributed by atoms with Crippen molar-refractivity contribution in [2.75, 3.05) is 34.4 Å². The zero-order valence-corrected chi connectivity index (χ0v) is 20.9. The molecule has 34 heavy (non-hydrogen) atoms. The van der Waals surface area contributed by atoms with E-state index in [9.17, 15) is 4.79 Å². The van der Waals surface area contributed by atoms with Crippen LogP contribution >= 0.6 is 11.3 Å². The van der Waals surface area contributed by atoms with Crippen LogP contribution in [0.1, 0.15) is 30.5 Å². The number of thiazole rings is 1. The molecule has 0 atom stereocenters. The molecule has 0 radical (unpaired) electrons. The van der Waals surface area contributed by atoms with Crippen molar-refractivity contribution in [3.8, 4) is 27.8 Å². The number of aryl methyl sites for hydroxylation is 1. The molecule has 0 saturated carbocycles. The van der Waals surface area contributed by atoms with Gasteiger partial charge in [0.25, 0.3) is 0 Å². The lowest BCUT2D eigenvalue weighted by molar-refractivity contribution is -0.131. The second-order valence-electron chi connectivity index (χ2n) is 8.60. The number of nitrogens with zero attached hydrogens (tertiary/aromatic N) is 2. The van der Waals surface area contributed by atoms with Gasteiger partial charge in [0.1, 0.15) is 10.8 Å². The van der Waals surface area contributed by atoms with E-state index in [0.717, 1.165) is 60.8 Å². The van der Waals surface area contributed by atoms with Crippen LogP contribution in [0.25, 0.3) is 10.6 Å². The van der Waals surface area contributed by atoms with E-state index < -0.39 is 0 Å². The molecule has 1 saturated heterocycles. The number of benzene rings is 2. The van der Waals surface area contributed by atoms with E-state index in [4.69, 9.17) is 19.2 Å². The fourth-order valence-electron chi connectivity index (χ4n) is 4.39. The van der Waals surface area contributed by atoms with Crippen molar-refractivity contribution in [3.05, 3.63) is 59.1 Å². The van der Waals surface area contributed by atoms with Gasteiger partial charge in [-0.3, -0.25) is 4.79 Å². The highest BCUT2D eigenvalue weighted by atomic mass is 32.1. The summed E-state index contributed by atoms with van der Waals surface area (Å²) in [7, 11) is 4.93. The lowest BCUT2D eigenvalue weighted by Gasteiger charge is -2.32. The quantitative estimate of drug-likeness (QED) is 0.419. The number of likely N-dealkylation sites (tertiary alicyclic amines) is 1. The summed E-state index contributed by atoms with van der Waals surface area (Å²) in [5.41, 5.74) is 3.12. The van der Waals surface area contributed by atoms with Crippen molar-refractivity contribution in [1.29, 1.82) is 0 Å². The third-order valence-electron chi connectivity index (χ3n) is 6.48. The maximum absolute atomic E-state index is 12.9. The minimum Gasteiger partial charge on any atom is -0.497 e. The van der Waals surface area contributed by atoms with Gasteiger partial charge in [0.2, 0.25) is 5.91 Å². The molecule has 4 rings (SSSR count). The van der Waals surface area contributed by atoms with Gasteiger partial charge >= 0.3 is 0 Å². The number of hydrogen-bond donors (Lipinski definition) is 0. The fraction of sp³-hybridized carbons (Fsp3) is 0.407.